The Morgan fingerprint density at radius 3 is 3.00 bits per heavy atom. The first kappa shape index (κ1) is 15.3. The van der Waals surface area contributed by atoms with Gasteiger partial charge in [0.25, 0.3) is 0 Å². The summed E-state index contributed by atoms with van der Waals surface area (Å²) in [6.45, 7) is 4.99. The van der Waals surface area contributed by atoms with E-state index < -0.39 is 0 Å². The molecule has 0 bridgehead atoms. The van der Waals surface area contributed by atoms with E-state index in [0.29, 0.717) is 13.2 Å². The van der Waals surface area contributed by atoms with Crippen molar-refractivity contribution in [3.05, 3.63) is 0 Å². The van der Waals surface area contributed by atoms with Crippen LogP contribution in [0.25, 0.3) is 0 Å². The first-order valence-corrected chi connectivity index (χ1v) is 8.36. The molecular weight excluding hydrogens is 268 g/mol. The SMILES string of the molecule is COCCNC(=O)[C@]12CCO[C@H]1CCN(CC1CCC1)C2. The van der Waals surface area contributed by atoms with Crippen LogP contribution in [0.4, 0.5) is 0 Å². The third-order valence-electron chi connectivity index (χ3n) is 5.48. The lowest BCUT2D eigenvalue weighted by Gasteiger charge is -2.44. The number of nitrogens with zero attached hydrogens (tertiary/aromatic N) is 1. The van der Waals surface area contributed by atoms with Gasteiger partial charge in [-0.3, -0.25) is 4.79 Å². The van der Waals surface area contributed by atoms with Crippen LogP contribution in [-0.4, -0.2) is 63.4 Å². The van der Waals surface area contributed by atoms with E-state index >= 15 is 0 Å². The van der Waals surface area contributed by atoms with Gasteiger partial charge < -0.3 is 19.7 Å². The predicted octanol–water partition coefficient (Wildman–Crippen LogP) is 1.03. The summed E-state index contributed by atoms with van der Waals surface area (Å²) in [5.41, 5.74) is -0.324. The van der Waals surface area contributed by atoms with Gasteiger partial charge in [0.15, 0.2) is 0 Å². The molecule has 1 N–H and O–H groups in total. The van der Waals surface area contributed by atoms with Crippen LogP contribution in [-0.2, 0) is 14.3 Å². The maximum absolute atomic E-state index is 12.7. The topological polar surface area (TPSA) is 50.8 Å². The minimum atomic E-state index is -0.324. The highest BCUT2D eigenvalue weighted by molar-refractivity contribution is 5.84. The summed E-state index contributed by atoms with van der Waals surface area (Å²) in [7, 11) is 1.66. The highest BCUT2D eigenvalue weighted by Crippen LogP contribution is 2.42. The molecule has 2 atom stereocenters. The van der Waals surface area contributed by atoms with Gasteiger partial charge in [-0.25, -0.2) is 0 Å². The summed E-state index contributed by atoms with van der Waals surface area (Å²) in [6, 6.07) is 0. The molecule has 0 radical (unpaired) electrons. The van der Waals surface area contributed by atoms with Gasteiger partial charge in [0.1, 0.15) is 0 Å². The fourth-order valence-electron chi connectivity index (χ4n) is 3.99. The van der Waals surface area contributed by atoms with Crippen molar-refractivity contribution in [1.29, 1.82) is 0 Å². The van der Waals surface area contributed by atoms with Gasteiger partial charge in [-0.2, -0.15) is 0 Å². The first-order valence-electron chi connectivity index (χ1n) is 8.36. The molecule has 0 aromatic carbocycles. The van der Waals surface area contributed by atoms with Crippen molar-refractivity contribution in [3.63, 3.8) is 0 Å². The van der Waals surface area contributed by atoms with Crippen LogP contribution >= 0.6 is 0 Å². The molecule has 3 fully saturated rings. The molecule has 21 heavy (non-hydrogen) atoms. The van der Waals surface area contributed by atoms with Crippen LogP contribution in [0.2, 0.25) is 0 Å². The molecule has 2 saturated heterocycles. The second kappa shape index (κ2) is 6.63. The average molecular weight is 296 g/mol. The molecule has 120 valence electrons. The molecule has 0 spiro atoms. The number of carbonyl (C=O) groups is 1. The summed E-state index contributed by atoms with van der Waals surface area (Å²) in [5, 5.41) is 3.05. The number of hydrogen-bond acceptors (Lipinski definition) is 4. The Morgan fingerprint density at radius 1 is 1.43 bits per heavy atom. The zero-order valence-corrected chi connectivity index (χ0v) is 13.1. The van der Waals surface area contributed by atoms with Gasteiger partial charge in [0.2, 0.25) is 5.91 Å². The third kappa shape index (κ3) is 3.10. The number of amides is 1. The molecular formula is C16H28N2O3. The highest BCUT2D eigenvalue weighted by atomic mass is 16.5. The standard InChI is InChI=1S/C16H28N2O3/c1-20-10-7-17-15(19)16-6-9-21-14(16)5-8-18(12-16)11-13-3-2-4-13/h13-14H,2-12H2,1H3,(H,17,19)/t14-,16-/m0/s1. The lowest BCUT2D eigenvalue weighted by molar-refractivity contribution is -0.139. The van der Waals surface area contributed by atoms with Crippen molar-refractivity contribution in [3.8, 4) is 0 Å². The molecule has 3 rings (SSSR count). The molecule has 2 aliphatic heterocycles. The van der Waals surface area contributed by atoms with E-state index in [4.69, 9.17) is 9.47 Å². The van der Waals surface area contributed by atoms with E-state index in [9.17, 15) is 4.79 Å². The number of likely N-dealkylation sites (tertiary alicyclic amines) is 1. The maximum Gasteiger partial charge on any atom is 0.230 e. The summed E-state index contributed by atoms with van der Waals surface area (Å²) in [4.78, 5) is 15.2. The number of nitrogens with one attached hydrogen (secondary N) is 1. The molecule has 0 unspecified atom stereocenters. The minimum absolute atomic E-state index is 0.109. The lowest BCUT2D eigenvalue weighted by atomic mass is 9.75. The number of rotatable bonds is 6. The Morgan fingerprint density at radius 2 is 2.29 bits per heavy atom. The van der Waals surface area contributed by atoms with E-state index in [1.807, 2.05) is 0 Å². The van der Waals surface area contributed by atoms with Crippen LogP contribution < -0.4 is 5.32 Å². The van der Waals surface area contributed by atoms with Gasteiger partial charge in [0, 0.05) is 39.9 Å². The number of piperidine rings is 1. The van der Waals surface area contributed by atoms with Crippen LogP contribution in [0.3, 0.4) is 0 Å². The molecule has 2 heterocycles. The molecule has 5 nitrogen and oxygen atoms in total. The Kier molecular flexibility index (Phi) is 4.82. The Labute approximate surface area is 127 Å². The smallest absolute Gasteiger partial charge is 0.230 e. The molecule has 1 amide bonds. The van der Waals surface area contributed by atoms with E-state index in [2.05, 4.69) is 10.2 Å². The van der Waals surface area contributed by atoms with Crippen molar-refractivity contribution in [2.75, 3.05) is 46.5 Å². The Bertz CT molecular complexity index is 373. The molecule has 5 heteroatoms. The second-order valence-corrected chi connectivity index (χ2v) is 6.83. The van der Waals surface area contributed by atoms with Crippen molar-refractivity contribution < 1.29 is 14.3 Å². The molecule has 3 aliphatic rings. The molecule has 0 aromatic rings. The number of fused-ring (bicyclic) bond motifs is 1. The number of carbonyl (C=O) groups excluding carboxylic acids is 1. The Balaban J connectivity index is 1.61. The largest absolute Gasteiger partial charge is 0.383 e. The van der Waals surface area contributed by atoms with Gasteiger partial charge in [-0.1, -0.05) is 6.42 Å². The quantitative estimate of drug-likeness (QED) is 0.744. The van der Waals surface area contributed by atoms with E-state index in [1.54, 1.807) is 7.11 Å². The normalized spacial score (nSPS) is 33.5. The van der Waals surface area contributed by atoms with Crippen LogP contribution in [0.1, 0.15) is 32.1 Å². The summed E-state index contributed by atoms with van der Waals surface area (Å²) in [5.74, 6) is 1.03. The third-order valence-corrected chi connectivity index (χ3v) is 5.48. The Hall–Kier alpha value is -0.650. The van der Waals surface area contributed by atoms with E-state index in [1.165, 1.54) is 25.8 Å². The zero-order chi connectivity index (χ0) is 14.7. The molecule has 1 aliphatic carbocycles. The van der Waals surface area contributed by atoms with Crippen molar-refractivity contribution >= 4 is 5.91 Å². The van der Waals surface area contributed by atoms with E-state index in [0.717, 1.165) is 38.5 Å². The number of hydrogen-bond donors (Lipinski definition) is 1. The fraction of sp³-hybridized carbons (Fsp3) is 0.938. The van der Waals surface area contributed by atoms with Gasteiger partial charge in [-0.05, 0) is 31.6 Å². The second-order valence-electron chi connectivity index (χ2n) is 6.83. The van der Waals surface area contributed by atoms with Gasteiger partial charge >= 0.3 is 0 Å². The van der Waals surface area contributed by atoms with E-state index in [-0.39, 0.29) is 17.4 Å². The molecule has 1 saturated carbocycles. The first-order chi connectivity index (χ1) is 10.2. The van der Waals surface area contributed by atoms with Crippen molar-refractivity contribution in [2.24, 2.45) is 11.3 Å². The highest BCUT2D eigenvalue weighted by Gasteiger charge is 2.53. The zero-order valence-electron chi connectivity index (χ0n) is 13.1. The summed E-state index contributed by atoms with van der Waals surface area (Å²) < 4.78 is 10.9. The lowest BCUT2D eigenvalue weighted by Crippen LogP contribution is -2.58. The maximum atomic E-state index is 12.7. The average Bonchev–Trinajstić information content (AvgIpc) is 2.87. The number of ether oxygens (including phenoxy) is 2. The molecule has 0 aromatic heterocycles. The van der Waals surface area contributed by atoms with Crippen molar-refractivity contribution in [1.82, 2.24) is 10.2 Å². The monoisotopic (exact) mass is 296 g/mol. The van der Waals surface area contributed by atoms with Crippen LogP contribution in [0, 0.1) is 11.3 Å². The van der Waals surface area contributed by atoms with Crippen LogP contribution in [0.5, 0.6) is 0 Å². The van der Waals surface area contributed by atoms with Crippen molar-refractivity contribution in [2.45, 2.75) is 38.2 Å². The minimum Gasteiger partial charge on any atom is -0.383 e. The van der Waals surface area contributed by atoms with Gasteiger partial charge in [0.05, 0.1) is 18.1 Å². The summed E-state index contributed by atoms with van der Waals surface area (Å²) in [6.07, 6.45) is 6.07. The number of methoxy groups -OCH3 is 1. The van der Waals surface area contributed by atoms with Crippen LogP contribution in [0.15, 0.2) is 0 Å². The fourth-order valence-corrected chi connectivity index (χ4v) is 3.99. The predicted molar refractivity (Wildman–Crippen MR) is 80.1 cm³/mol. The summed E-state index contributed by atoms with van der Waals surface area (Å²) >= 11 is 0. The van der Waals surface area contributed by atoms with Gasteiger partial charge in [-0.15, -0.1) is 0 Å².